The molecule has 4 nitrogen and oxygen atoms in total. The van der Waals surface area contributed by atoms with Gasteiger partial charge in [-0.2, -0.15) is 0 Å². The van der Waals surface area contributed by atoms with Crippen molar-refractivity contribution in [2.24, 2.45) is 0 Å². The van der Waals surface area contributed by atoms with E-state index in [9.17, 15) is 4.79 Å². The fraction of sp³-hybridized carbons (Fsp3) is 0.533. The van der Waals surface area contributed by atoms with Crippen molar-refractivity contribution in [3.05, 3.63) is 30.3 Å². The molecule has 0 heterocycles. The van der Waals surface area contributed by atoms with Crippen LogP contribution in [0, 0.1) is 0 Å². The molecule has 0 fully saturated rings. The van der Waals surface area contributed by atoms with E-state index in [0.717, 1.165) is 18.7 Å². The van der Waals surface area contributed by atoms with Crippen molar-refractivity contribution in [2.75, 3.05) is 27.2 Å². The summed E-state index contributed by atoms with van der Waals surface area (Å²) < 4.78 is 5.68. The number of carbonyl (C=O) groups excluding carboxylic acids is 1. The topological polar surface area (TPSA) is 41.6 Å². The summed E-state index contributed by atoms with van der Waals surface area (Å²) in [5.41, 5.74) is 0. The zero-order valence-electron chi connectivity index (χ0n) is 12.1. The number of rotatable bonds is 8. The highest BCUT2D eigenvalue weighted by atomic mass is 16.5. The first-order valence-electron chi connectivity index (χ1n) is 6.77. The molecule has 0 unspecified atom stereocenters. The van der Waals surface area contributed by atoms with Crippen LogP contribution in [0.4, 0.5) is 0 Å². The predicted molar refractivity (Wildman–Crippen MR) is 77.3 cm³/mol. The van der Waals surface area contributed by atoms with Crippen LogP contribution in [0.3, 0.4) is 0 Å². The van der Waals surface area contributed by atoms with Crippen LogP contribution in [-0.2, 0) is 4.79 Å². The molecule has 0 aromatic heterocycles. The van der Waals surface area contributed by atoms with Gasteiger partial charge in [-0.1, -0.05) is 25.1 Å². The second-order valence-electron chi connectivity index (χ2n) is 4.78. The molecule has 106 valence electrons. The van der Waals surface area contributed by atoms with E-state index in [0.29, 0.717) is 13.0 Å². The zero-order chi connectivity index (χ0) is 14.1. The quantitative estimate of drug-likeness (QED) is 0.729. The Labute approximate surface area is 115 Å². The first-order valence-corrected chi connectivity index (χ1v) is 6.77. The Kier molecular flexibility index (Phi) is 6.97. The molecule has 4 heteroatoms. The van der Waals surface area contributed by atoms with Gasteiger partial charge in [-0.25, -0.2) is 0 Å². The molecule has 1 amide bonds. The Balaban J connectivity index is 2.35. The maximum absolute atomic E-state index is 12.0. The summed E-state index contributed by atoms with van der Waals surface area (Å²) in [4.78, 5) is 14.1. The molecule has 1 aromatic carbocycles. The lowest BCUT2D eigenvalue weighted by atomic mass is 10.2. The molecule has 0 saturated carbocycles. The predicted octanol–water partition coefficient (Wildman–Crippen LogP) is 1.91. The van der Waals surface area contributed by atoms with Crippen molar-refractivity contribution >= 4 is 5.91 Å². The third-order valence-corrected chi connectivity index (χ3v) is 2.77. The van der Waals surface area contributed by atoms with Gasteiger partial charge in [0.15, 0.2) is 6.10 Å². The third kappa shape index (κ3) is 6.25. The van der Waals surface area contributed by atoms with E-state index in [2.05, 4.69) is 10.2 Å². The minimum Gasteiger partial charge on any atom is -0.481 e. The standard InChI is InChI=1S/C15H24N2O2/c1-4-14(19-13-9-6-5-7-10-13)15(18)16-11-8-12-17(2)3/h5-7,9-10,14H,4,8,11-12H2,1-3H3,(H,16,18)/t14-/m0/s1. The van der Waals surface area contributed by atoms with Crippen LogP contribution in [0.25, 0.3) is 0 Å². The lowest BCUT2D eigenvalue weighted by Crippen LogP contribution is -2.39. The van der Waals surface area contributed by atoms with Crippen molar-refractivity contribution in [1.29, 1.82) is 0 Å². The normalized spacial score (nSPS) is 12.2. The third-order valence-electron chi connectivity index (χ3n) is 2.77. The molecule has 0 bridgehead atoms. The molecule has 0 spiro atoms. The summed E-state index contributed by atoms with van der Waals surface area (Å²) in [5.74, 6) is 0.697. The molecule has 1 rings (SSSR count). The molecule has 0 saturated heterocycles. The number of hydrogen-bond acceptors (Lipinski definition) is 3. The van der Waals surface area contributed by atoms with E-state index in [1.54, 1.807) is 0 Å². The van der Waals surface area contributed by atoms with Gasteiger partial charge in [-0.15, -0.1) is 0 Å². The molecular weight excluding hydrogens is 240 g/mol. The van der Waals surface area contributed by atoms with Crippen LogP contribution in [0.1, 0.15) is 19.8 Å². The molecule has 19 heavy (non-hydrogen) atoms. The second-order valence-corrected chi connectivity index (χ2v) is 4.78. The highest BCUT2D eigenvalue weighted by Crippen LogP contribution is 2.12. The number of carbonyl (C=O) groups is 1. The van der Waals surface area contributed by atoms with Gasteiger partial charge in [0.1, 0.15) is 5.75 Å². The number of ether oxygens (including phenoxy) is 1. The summed E-state index contributed by atoms with van der Waals surface area (Å²) in [6, 6.07) is 9.45. The number of nitrogens with one attached hydrogen (secondary N) is 1. The van der Waals surface area contributed by atoms with Crippen molar-refractivity contribution in [1.82, 2.24) is 10.2 Å². The average Bonchev–Trinajstić information content (AvgIpc) is 2.41. The molecule has 0 aliphatic heterocycles. The molecule has 1 atom stereocenters. The monoisotopic (exact) mass is 264 g/mol. The largest absolute Gasteiger partial charge is 0.481 e. The van der Waals surface area contributed by atoms with Crippen molar-refractivity contribution in [3.8, 4) is 5.75 Å². The van der Waals surface area contributed by atoms with Gasteiger partial charge in [0.05, 0.1) is 0 Å². The Morgan fingerprint density at radius 2 is 2.00 bits per heavy atom. The van der Waals surface area contributed by atoms with E-state index in [-0.39, 0.29) is 5.91 Å². The number of benzene rings is 1. The first-order chi connectivity index (χ1) is 9.13. The average molecular weight is 264 g/mol. The van der Waals surface area contributed by atoms with Crippen LogP contribution in [0.2, 0.25) is 0 Å². The highest BCUT2D eigenvalue weighted by molar-refractivity contribution is 5.81. The SMILES string of the molecule is CC[C@H](Oc1ccccc1)C(=O)NCCCN(C)C. The van der Waals surface area contributed by atoms with Gasteiger partial charge < -0.3 is 15.0 Å². The summed E-state index contributed by atoms with van der Waals surface area (Å²) in [6.45, 7) is 3.61. The highest BCUT2D eigenvalue weighted by Gasteiger charge is 2.17. The van der Waals surface area contributed by atoms with Crippen LogP contribution in [0.15, 0.2) is 30.3 Å². The van der Waals surface area contributed by atoms with Gasteiger partial charge in [0.25, 0.3) is 5.91 Å². The Morgan fingerprint density at radius 1 is 1.32 bits per heavy atom. The lowest BCUT2D eigenvalue weighted by molar-refractivity contribution is -0.128. The molecule has 0 aliphatic carbocycles. The summed E-state index contributed by atoms with van der Waals surface area (Å²) in [5, 5.41) is 2.92. The van der Waals surface area contributed by atoms with E-state index >= 15 is 0 Å². The molecule has 0 aliphatic rings. The maximum Gasteiger partial charge on any atom is 0.261 e. The van der Waals surface area contributed by atoms with Crippen LogP contribution in [0.5, 0.6) is 5.75 Å². The fourth-order valence-electron chi connectivity index (χ4n) is 1.71. The van der Waals surface area contributed by atoms with E-state index in [1.165, 1.54) is 0 Å². The number of nitrogens with zero attached hydrogens (tertiary/aromatic N) is 1. The van der Waals surface area contributed by atoms with Crippen LogP contribution >= 0.6 is 0 Å². The second kappa shape index (κ2) is 8.53. The summed E-state index contributed by atoms with van der Waals surface area (Å²) in [6.07, 6.45) is 1.19. The summed E-state index contributed by atoms with van der Waals surface area (Å²) in [7, 11) is 4.05. The Hall–Kier alpha value is -1.55. The van der Waals surface area contributed by atoms with E-state index in [4.69, 9.17) is 4.74 Å². The van der Waals surface area contributed by atoms with Crippen molar-refractivity contribution in [3.63, 3.8) is 0 Å². The number of hydrogen-bond donors (Lipinski definition) is 1. The van der Waals surface area contributed by atoms with Gasteiger partial charge in [-0.05, 0) is 45.6 Å². The first kappa shape index (κ1) is 15.5. The zero-order valence-corrected chi connectivity index (χ0v) is 12.1. The minimum absolute atomic E-state index is 0.0369. The Morgan fingerprint density at radius 3 is 2.58 bits per heavy atom. The van der Waals surface area contributed by atoms with Crippen molar-refractivity contribution < 1.29 is 9.53 Å². The van der Waals surface area contributed by atoms with Gasteiger partial charge in [-0.3, -0.25) is 4.79 Å². The smallest absolute Gasteiger partial charge is 0.261 e. The van der Waals surface area contributed by atoms with Crippen molar-refractivity contribution in [2.45, 2.75) is 25.9 Å². The Bertz CT molecular complexity index is 366. The van der Waals surface area contributed by atoms with Gasteiger partial charge >= 0.3 is 0 Å². The molecule has 0 radical (unpaired) electrons. The lowest BCUT2D eigenvalue weighted by Gasteiger charge is -2.17. The maximum atomic E-state index is 12.0. The summed E-state index contributed by atoms with van der Waals surface area (Å²) >= 11 is 0. The van der Waals surface area contributed by atoms with E-state index in [1.807, 2.05) is 51.4 Å². The minimum atomic E-state index is -0.415. The molecular formula is C15H24N2O2. The van der Waals surface area contributed by atoms with Crippen LogP contribution in [-0.4, -0.2) is 44.1 Å². The molecule has 1 aromatic rings. The fourth-order valence-corrected chi connectivity index (χ4v) is 1.71. The number of para-hydroxylation sites is 1. The van der Waals surface area contributed by atoms with E-state index < -0.39 is 6.10 Å². The number of amides is 1. The van der Waals surface area contributed by atoms with Gasteiger partial charge in [0.2, 0.25) is 0 Å². The van der Waals surface area contributed by atoms with Gasteiger partial charge in [0, 0.05) is 6.54 Å². The molecule has 1 N–H and O–H groups in total. The van der Waals surface area contributed by atoms with Crippen LogP contribution < -0.4 is 10.1 Å².